The molecule has 0 bridgehead atoms. The maximum atomic E-state index is 12.9. The van der Waals surface area contributed by atoms with Gasteiger partial charge in [-0.05, 0) is 60.2 Å². The van der Waals surface area contributed by atoms with Gasteiger partial charge in [0.05, 0.1) is 12.0 Å². The van der Waals surface area contributed by atoms with E-state index in [1.807, 2.05) is 24.3 Å². The number of nitrogens with one attached hydrogen (secondary N) is 1. The van der Waals surface area contributed by atoms with Gasteiger partial charge in [0, 0.05) is 25.2 Å². The van der Waals surface area contributed by atoms with Crippen LogP contribution in [-0.2, 0) is 16.6 Å². The van der Waals surface area contributed by atoms with Gasteiger partial charge in [0.25, 0.3) is 5.91 Å². The number of benzene rings is 2. The highest BCUT2D eigenvalue weighted by atomic mass is 32.2. The Morgan fingerprint density at radius 1 is 1.03 bits per heavy atom. The van der Waals surface area contributed by atoms with E-state index in [0.717, 1.165) is 17.7 Å². The lowest BCUT2D eigenvalue weighted by Gasteiger charge is -2.34. The summed E-state index contributed by atoms with van der Waals surface area (Å²) in [5.41, 5.74) is 1.38. The average Bonchev–Trinajstić information content (AvgIpc) is 2.71. The Balaban J connectivity index is 1.64. The number of carbonyl (C=O) groups is 1. The summed E-state index contributed by atoms with van der Waals surface area (Å²) >= 11 is 0. The van der Waals surface area contributed by atoms with E-state index in [4.69, 9.17) is 4.74 Å². The minimum absolute atomic E-state index is 0.227. The van der Waals surface area contributed by atoms with Crippen LogP contribution in [-0.4, -0.2) is 38.8 Å². The number of methoxy groups -OCH3 is 1. The van der Waals surface area contributed by atoms with Gasteiger partial charge in [0.15, 0.2) is 0 Å². The molecule has 2 aromatic carbocycles. The molecule has 1 heterocycles. The van der Waals surface area contributed by atoms with Gasteiger partial charge in [-0.1, -0.05) is 26.0 Å². The number of nitrogens with zero attached hydrogens (tertiary/aromatic N) is 1. The van der Waals surface area contributed by atoms with Crippen molar-refractivity contribution in [3.63, 3.8) is 0 Å². The molecule has 7 heteroatoms. The van der Waals surface area contributed by atoms with Crippen molar-refractivity contribution in [3.8, 4) is 5.75 Å². The molecule has 0 radical (unpaired) electrons. The molecule has 156 valence electrons. The Kier molecular flexibility index (Phi) is 6.59. The topological polar surface area (TPSA) is 75.7 Å². The summed E-state index contributed by atoms with van der Waals surface area (Å²) in [4.78, 5) is 12.6. The fraction of sp³-hybridized carbons (Fsp3) is 0.409. The van der Waals surface area contributed by atoms with Crippen molar-refractivity contribution in [1.82, 2.24) is 9.62 Å². The molecule has 0 spiro atoms. The third-order valence-corrected chi connectivity index (χ3v) is 7.05. The lowest BCUT2D eigenvalue weighted by molar-refractivity contribution is 0.0951. The van der Waals surface area contributed by atoms with E-state index in [1.165, 1.54) is 12.1 Å². The van der Waals surface area contributed by atoms with Gasteiger partial charge in [0.1, 0.15) is 5.75 Å². The Morgan fingerprint density at radius 3 is 2.17 bits per heavy atom. The van der Waals surface area contributed by atoms with E-state index in [2.05, 4.69) is 19.2 Å². The summed E-state index contributed by atoms with van der Waals surface area (Å²) in [6.07, 6.45) is 1.04. The van der Waals surface area contributed by atoms with E-state index in [1.54, 1.807) is 23.5 Å². The van der Waals surface area contributed by atoms with Crippen LogP contribution >= 0.6 is 0 Å². The Hall–Kier alpha value is -2.38. The monoisotopic (exact) mass is 416 g/mol. The second-order valence-corrected chi connectivity index (χ2v) is 9.76. The van der Waals surface area contributed by atoms with Crippen LogP contribution in [0.4, 0.5) is 0 Å². The molecule has 2 atom stereocenters. The van der Waals surface area contributed by atoms with Gasteiger partial charge in [-0.25, -0.2) is 8.42 Å². The van der Waals surface area contributed by atoms with Crippen LogP contribution in [0.25, 0.3) is 0 Å². The number of hydrogen-bond acceptors (Lipinski definition) is 4. The molecule has 1 aliphatic heterocycles. The number of ether oxygens (including phenoxy) is 1. The van der Waals surface area contributed by atoms with Crippen LogP contribution in [0.2, 0.25) is 0 Å². The third-order valence-electron chi connectivity index (χ3n) is 5.20. The van der Waals surface area contributed by atoms with Crippen LogP contribution in [0.1, 0.15) is 36.2 Å². The lowest BCUT2D eigenvalue weighted by atomic mass is 9.94. The Labute approximate surface area is 172 Å². The zero-order chi connectivity index (χ0) is 21.0. The fourth-order valence-corrected chi connectivity index (χ4v) is 5.44. The Bertz CT molecular complexity index is 930. The van der Waals surface area contributed by atoms with Crippen molar-refractivity contribution >= 4 is 15.9 Å². The molecule has 0 saturated carbocycles. The molecule has 1 fully saturated rings. The van der Waals surface area contributed by atoms with E-state index in [0.29, 0.717) is 37.0 Å². The molecule has 1 aliphatic rings. The molecular weight excluding hydrogens is 388 g/mol. The first-order valence-corrected chi connectivity index (χ1v) is 11.2. The minimum Gasteiger partial charge on any atom is -0.497 e. The van der Waals surface area contributed by atoms with Crippen LogP contribution in [0, 0.1) is 11.8 Å². The molecule has 1 saturated heterocycles. The second-order valence-electron chi connectivity index (χ2n) is 7.82. The first-order valence-electron chi connectivity index (χ1n) is 9.81. The first kappa shape index (κ1) is 21.3. The predicted octanol–water partition coefficient (Wildman–Crippen LogP) is 3.29. The van der Waals surface area contributed by atoms with Gasteiger partial charge >= 0.3 is 0 Å². The first-order chi connectivity index (χ1) is 13.8. The molecule has 1 N–H and O–H groups in total. The summed E-state index contributed by atoms with van der Waals surface area (Å²) < 4.78 is 32.6. The predicted molar refractivity (Wildman–Crippen MR) is 112 cm³/mol. The number of hydrogen-bond donors (Lipinski definition) is 1. The van der Waals surface area contributed by atoms with Crippen LogP contribution < -0.4 is 10.1 Å². The van der Waals surface area contributed by atoms with Crippen molar-refractivity contribution < 1.29 is 17.9 Å². The molecule has 0 unspecified atom stereocenters. The molecule has 1 amide bonds. The minimum atomic E-state index is -3.54. The number of piperidine rings is 1. The summed E-state index contributed by atoms with van der Waals surface area (Å²) in [6.45, 7) is 5.61. The maximum Gasteiger partial charge on any atom is 0.251 e. The third kappa shape index (κ3) is 5.16. The average molecular weight is 417 g/mol. The highest BCUT2D eigenvalue weighted by Crippen LogP contribution is 2.26. The molecule has 3 rings (SSSR count). The number of amides is 1. The molecule has 0 aliphatic carbocycles. The number of rotatable bonds is 6. The highest BCUT2D eigenvalue weighted by molar-refractivity contribution is 7.89. The van der Waals surface area contributed by atoms with E-state index in [-0.39, 0.29) is 10.8 Å². The summed E-state index contributed by atoms with van der Waals surface area (Å²) in [7, 11) is -1.94. The standard InChI is InChI=1S/C22H28N2O4S/c1-16-12-17(2)15-24(14-16)29(26,27)21-10-6-19(7-11-21)22(25)23-13-18-4-8-20(28-3)9-5-18/h4-11,16-17H,12-15H2,1-3H3,(H,23,25)/t16-,17-/m0/s1. The second kappa shape index (κ2) is 8.97. The summed E-state index contributed by atoms with van der Waals surface area (Å²) in [6, 6.07) is 13.6. The molecule has 29 heavy (non-hydrogen) atoms. The summed E-state index contributed by atoms with van der Waals surface area (Å²) in [5, 5.41) is 2.85. The fourth-order valence-electron chi connectivity index (χ4n) is 3.76. The summed E-state index contributed by atoms with van der Waals surface area (Å²) in [5.74, 6) is 1.20. The molecule has 0 aromatic heterocycles. The maximum absolute atomic E-state index is 12.9. The smallest absolute Gasteiger partial charge is 0.251 e. The van der Waals surface area contributed by atoms with Crippen molar-refractivity contribution in [2.75, 3.05) is 20.2 Å². The number of sulfonamides is 1. The van der Waals surface area contributed by atoms with Crippen molar-refractivity contribution in [3.05, 3.63) is 59.7 Å². The Morgan fingerprint density at radius 2 is 1.62 bits per heavy atom. The van der Waals surface area contributed by atoms with Crippen LogP contribution in [0.15, 0.2) is 53.4 Å². The van der Waals surface area contributed by atoms with E-state index < -0.39 is 10.0 Å². The van der Waals surface area contributed by atoms with Gasteiger partial charge in [-0.2, -0.15) is 4.31 Å². The zero-order valence-corrected chi connectivity index (χ0v) is 17.9. The largest absolute Gasteiger partial charge is 0.497 e. The quantitative estimate of drug-likeness (QED) is 0.784. The van der Waals surface area contributed by atoms with Gasteiger partial charge in [0.2, 0.25) is 10.0 Å². The zero-order valence-electron chi connectivity index (χ0n) is 17.1. The van der Waals surface area contributed by atoms with E-state index >= 15 is 0 Å². The van der Waals surface area contributed by atoms with Crippen molar-refractivity contribution in [1.29, 1.82) is 0 Å². The van der Waals surface area contributed by atoms with E-state index in [9.17, 15) is 13.2 Å². The normalized spacial score (nSPS) is 20.2. The lowest BCUT2D eigenvalue weighted by Crippen LogP contribution is -2.42. The highest BCUT2D eigenvalue weighted by Gasteiger charge is 2.31. The molecular formula is C22H28N2O4S. The van der Waals surface area contributed by atoms with Crippen molar-refractivity contribution in [2.24, 2.45) is 11.8 Å². The number of carbonyl (C=O) groups excluding carboxylic acids is 1. The van der Waals surface area contributed by atoms with Crippen LogP contribution in [0.5, 0.6) is 5.75 Å². The van der Waals surface area contributed by atoms with Gasteiger partial charge < -0.3 is 10.1 Å². The molecule has 6 nitrogen and oxygen atoms in total. The van der Waals surface area contributed by atoms with Crippen LogP contribution in [0.3, 0.4) is 0 Å². The van der Waals surface area contributed by atoms with Gasteiger partial charge in [-0.15, -0.1) is 0 Å². The van der Waals surface area contributed by atoms with Crippen molar-refractivity contribution in [2.45, 2.75) is 31.7 Å². The SMILES string of the molecule is COc1ccc(CNC(=O)c2ccc(S(=O)(=O)N3C[C@@H](C)C[C@H](C)C3)cc2)cc1. The molecule has 2 aromatic rings. The van der Waals surface area contributed by atoms with Gasteiger partial charge in [-0.3, -0.25) is 4.79 Å².